The lowest BCUT2D eigenvalue weighted by molar-refractivity contribution is -0.201. The van der Waals surface area contributed by atoms with Gasteiger partial charge in [0.15, 0.2) is 11.4 Å². The molecule has 12 atom stereocenters. The van der Waals surface area contributed by atoms with Crippen LogP contribution in [0.1, 0.15) is 66.2 Å². The summed E-state index contributed by atoms with van der Waals surface area (Å²) in [5.74, 6) is -1.29. The Bertz CT molecular complexity index is 1060. The Hall–Kier alpha value is -1.54. The first-order chi connectivity index (χ1) is 16.1. The van der Waals surface area contributed by atoms with Gasteiger partial charge in [-0.1, -0.05) is 26.0 Å². The first kappa shape index (κ1) is 23.8. The fourth-order valence-corrected chi connectivity index (χ4v) is 9.55. The second-order valence-corrected chi connectivity index (χ2v) is 13.4. The molecular formula is C28H38O7. The number of rotatable bonds is 1. The Morgan fingerprint density at radius 2 is 1.54 bits per heavy atom. The molecule has 1 saturated heterocycles. The molecule has 0 aromatic carbocycles. The average molecular weight is 487 g/mol. The molecule has 0 unspecified atom stereocenters. The van der Waals surface area contributed by atoms with E-state index in [9.17, 15) is 30.0 Å². The fraction of sp³-hybridized carbons (Fsp3) is 0.786. The molecule has 6 aliphatic rings. The van der Waals surface area contributed by atoms with E-state index in [1.54, 1.807) is 19.1 Å². The van der Waals surface area contributed by atoms with E-state index in [0.29, 0.717) is 32.1 Å². The van der Waals surface area contributed by atoms with Gasteiger partial charge in [-0.05, 0) is 82.3 Å². The van der Waals surface area contributed by atoms with Gasteiger partial charge in [0.05, 0.1) is 11.0 Å². The molecule has 6 rings (SSSR count). The molecule has 7 nitrogen and oxygen atoms in total. The summed E-state index contributed by atoms with van der Waals surface area (Å²) in [6.45, 7) is 7.38. The number of aliphatic hydroxyl groups excluding tert-OH is 1. The molecule has 0 spiro atoms. The molecule has 5 aliphatic carbocycles. The van der Waals surface area contributed by atoms with Crippen molar-refractivity contribution < 1.29 is 34.8 Å². The zero-order valence-corrected chi connectivity index (χ0v) is 21.0. The van der Waals surface area contributed by atoms with Gasteiger partial charge < -0.3 is 25.2 Å². The summed E-state index contributed by atoms with van der Waals surface area (Å²) >= 11 is 0. The maximum absolute atomic E-state index is 13.3. The number of hydrogen-bond acceptors (Lipinski definition) is 7. The number of carbonyl (C=O) groups excluding carboxylic acids is 2. The van der Waals surface area contributed by atoms with Gasteiger partial charge in [0, 0.05) is 16.7 Å². The second-order valence-electron chi connectivity index (χ2n) is 13.4. The summed E-state index contributed by atoms with van der Waals surface area (Å²) in [6.07, 6.45) is 8.76. The van der Waals surface area contributed by atoms with E-state index in [4.69, 9.17) is 4.74 Å². The molecule has 1 aliphatic heterocycles. The Morgan fingerprint density at radius 3 is 2.26 bits per heavy atom. The summed E-state index contributed by atoms with van der Waals surface area (Å²) in [6, 6.07) is 0. The highest BCUT2D eigenvalue weighted by molar-refractivity contribution is 5.94. The fourth-order valence-electron chi connectivity index (χ4n) is 9.55. The molecule has 2 bridgehead atoms. The van der Waals surface area contributed by atoms with Gasteiger partial charge in [0.2, 0.25) is 0 Å². The highest BCUT2D eigenvalue weighted by atomic mass is 16.6. The lowest BCUT2D eigenvalue weighted by Crippen LogP contribution is -2.65. The number of ether oxygens (including phenoxy) is 1. The summed E-state index contributed by atoms with van der Waals surface area (Å²) in [4.78, 5) is 25.9. The van der Waals surface area contributed by atoms with Gasteiger partial charge in [0.1, 0.15) is 17.8 Å². The smallest absolute Gasteiger partial charge is 0.338 e. The van der Waals surface area contributed by atoms with Crippen LogP contribution in [0.3, 0.4) is 0 Å². The molecule has 1 heterocycles. The van der Waals surface area contributed by atoms with Crippen LogP contribution in [-0.2, 0) is 14.3 Å². The van der Waals surface area contributed by atoms with Crippen molar-refractivity contribution in [3.05, 3.63) is 24.3 Å². The molecule has 4 fully saturated rings. The van der Waals surface area contributed by atoms with Crippen molar-refractivity contribution in [2.45, 2.75) is 95.2 Å². The van der Waals surface area contributed by atoms with Crippen LogP contribution < -0.4 is 0 Å². The van der Waals surface area contributed by atoms with E-state index >= 15 is 0 Å². The van der Waals surface area contributed by atoms with Gasteiger partial charge >= 0.3 is 5.97 Å². The topological polar surface area (TPSA) is 124 Å². The average Bonchev–Trinajstić information content (AvgIpc) is 3.26. The SMILES string of the molecule is C[C@@]12C[C@@H]([C@]3(O)CC[C@H]4[C@@H]5C=C[C@@]6(O)C=C[C@@H](O)C(=O)[C@]6(C)[C@H]5CC[C@@]43C)[C@@H](C1)OC(=O)[C@]2(C)O. The van der Waals surface area contributed by atoms with Gasteiger partial charge in [0.25, 0.3) is 0 Å². The molecule has 7 heteroatoms. The van der Waals surface area contributed by atoms with Crippen molar-refractivity contribution >= 4 is 11.8 Å². The normalized spacial score (nSPS) is 60.7. The maximum Gasteiger partial charge on any atom is 0.338 e. The molecule has 0 radical (unpaired) electrons. The van der Waals surface area contributed by atoms with Crippen molar-refractivity contribution in [1.82, 2.24) is 0 Å². The number of ketones is 1. The van der Waals surface area contributed by atoms with Crippen molar-refractivity contribution in [2.75, 3.05) is 0 Å². The minimum Gasteiger partial charge on any atom is -0.460 e. The molecular weight excluding hydrogens is 448 g/mol. The minimum atomic E-state index is -1.58. The summed E-state index contributed by atoms with van der Waals surface area (Å²) in [7, 11) is 0. The zero-order valence-electron chi connectivity index (χ0n) is 21.0. The Morgan fingerprint density at radius 1 is 0.886 bits per heavy atom. The third-order valence-electron chi connectivity index (χ3n) is 12.2. The van der Waals surface area contributed by atoms with Crippen molar-refractivity contribution in [3.8, 4) is 0 Å². The van der Waals surface area contributed by atoms with E-state index in [-0.39, 0.29) is 29.5 Å². The first-order valence-electron chi connectivity index (χ1n) is 13.1. The molecule has 35 heavy (non-hydrogen) atoms. The number of carbonyl (C=O) groups is 2. The third kappa shape index (κ3) is 2.51. The number of aliphatic hydroxyl groups is 4. The van der Waals surface area contributed by atoms with Crippen LogP contribution in [0, 0.1) is 39.9 Å². The number of Topliss-reactive ketones (excluding diaryl/α,β-unsaturated/α-hetero) is 1. The van der Waals surface area contributed by atoms with Crippen LogP contribution in [0.15, 0.2) is 24.3 Å². The number of allylic oxidation sites excluding steroid dienone is 1. The monoisotopic (exact) mass is 486 g/mol. The van der Waals surface area contributed by atoms with Gasteiger partial charge in [-0.15, -0.1) is 0 Å². The quantitative estimate of drug-likeness (QED) is 0.330. The van der Waals surface area contributed by atoms with Crippen LogP contribution in [0.5, 0.6) is 0 Å². The molecule has 192 valence electrons. The lowest BCUT2D eigenvalue weighted by Gasteiger charge is -2.60. The van der Waals surface area contributed by atoms with E-state index in [2.05, 4.69) is 6.92 Å². The van der Waals surface area contributed by atoms with Crippen LogP contribution in [0.2, 0.25) is 0 Å². The van der Waals surface area contributed by atoms with Gasteiger partial charge in [-0.25, -0.2) is 4.79 Å². The number of esters is 1. The van der Waals surface area contributed by atoms with Crippen LogP contribution in [0.4, 0.5) is 0 Å². The predicted octanol–water partition coefficient (Wildman–Crippen LogP) is 2.06. The van der Waals surface area contributed by atoms with Crippen molar-refractivity contribution in [1.29, 1.82) is 0 Å². The Labute approximate surface area is 206 Å². The lowest BCUT2D eigenvalue weighted by atomic mass is 9.45. The Kier molecular flexibility index (Phi) is 4.53. The number of hydrogen-bond donors (Lipinski definition) is 4. The minimum absolute atomic E-state index is 0.0160. The second kappa shape index (κ2) is 6.66. The van der Waals surface area contributed by atoms with Crippen LogP contribution >= 0.6 is 0 Å². The highest BCUT2D eigenvalue weighted by Crippen LogP contribution is 2.70. The van der Waals surface area contributed by atoms with Gasteiger partial charge in [-0.2, -0.15) is 0 Å². The Balaban J connectivity index is 1.37. The molecule has 0 aromatic heterocycles. The molecule has 0 amide bonds. The number of fused-ring (bicyclic) bond motifs is 7. The summed E-state index contributed by atoms with van der Waals surface area (Å²) in [5, 5.41) is 45.2. The van der Waals surface area contributed by atoms with E-state index in [1.165, 1.54) is 13.0 Å². The maximum atomic E-state index is 13.3. The van der Waals surface area contributed by atoms with Crippen molar-refractivity contribution in [2.24, 2.45) is 39.9 Å². The molecule has 4 N–H and O–H groups in total. The largest absolute Gasteiger partial charge is 0.460 e. The van der Waals surface area contributed by atoms with Crippen LogP contribution in [0.25, 0.3) is 0 Å². The molecule has 0 aromatic rings. The van der Waals surface area contributed by atoms with Crippen LogP contribution in [-0.4, -0.2) is 61.2 Å². The predicted molar refractivity (Wildman–Crippen MR) is 126 cm³/mol. The third-order valence-corrected chi connectivity index (χ3v) is 12.2. The summed E-state index contributed by atoms with van der Waals surface area (Å²) in [5.41, 5.74) is -6.31. The van der Waals surface area contributed by atoms with Crippen molar-refractivity contribution in [3.63, 3.8) is 0 Å². The first-order valence-corrected chi connectivity index (χ1v) is 13.1. The van der Waals surface area contributed by atoms with Gasteiger partial charge in [-0.3, -0.25) is 4.79 Å². The zero-order chi connectivity index (χ0) is 25.4. The van der Waals surface area contributed by atoms with E-state index in [0.717, 1.165) is 6.42 Å². The van der Waals surface area contributed by atoms with E-state index in [1.807, 2.05) is 13.0 Å². The van der Waals surface area contributed by atoms with E-state index < -0.39 is 51.2 Å². The molecule has 3 saturated carbocycles. The summed E-state index contributed by atoms with van der Waals surface area (Å²) < 4.78 is 5.73. The standard InChI is InChI=1S/C28H38O7/c1-23-13-18(20(14-23)35-22(31)26(23,4)32)28(34)12-7-16-15-5-10-27(33)11-8-19(29)21(30)25(27,3)17(15)6-9-24(16,28)2/h5,8,10-11,15-20,29,32-34H,6-7,9,12-14H2,1-4H3/t15-,16-,17-,18+,19+,20+,23+,24-,25-,26-,27+,28+/m0/s1. The highest BCUT2D eigenvalue weighted by Gasteiger charge is 2.73.